The first-order valence-electron chi connectivity index (χ1n) is 4.73. The summed E-state index contributed by atoms with van der Waals surface area (Å²) in [4.78, 5) is 4.42. The topological polar surface area (TPSA) is 56.5 Å². The second-order valence-electron chi connectivity index (χ2n) is 3.42. The van der Waals surface area contributed by atoms with Gasteiger partial charge in [0, 0.05) is 12.4 Å². The molecule has 0 atom stereocenters. The van der Waals surface area contributed by atoms with Crippen LogP contribution in [-0.2, 0) is 0 Å². The van der Waals surface area contributed by atoms with Crippen LogP contribution in [0.4, 0.5) is 5.69 Å². The van der Waals surface area contributed by atoms with Crippen LogP contribution < -0.4 is 5.73 Å². The van der Waals surface area contributed by atoms with Gasteiger partial charge >= 0.3 is 0 Å². The highest BCUT2D eigenvalue weighted by atomic mass is 79.9. The number of aromatic nitrogens is 2. The standard InChI is InChI=1S/C11H8BrN3O/c12-10-4-3-9(16-10)8-6-15-5-1-2-7(13)11(15)14-8/h1-6H,13H2. The molecule has 0 unspecified atom stereocenters. The van der Waals surface area contributed by atoms with Crippen molar-refractivity contribution in [1.29, 1.82) is 0 Å². The van der Waals surface area contributed by atoms with Crippen molar-refractivity contribution >= 4 is 27.3 Å². The third-order valence-electron chi connectivity index (χ3n) is 2.34. The fourth-order valence-corrected chi connectivity index (χ4v) is 1.91. The maximum absolute atomic E-state index is 5.83. The summed E-state index contributed by atoms with van der Waals surface area (Å²) in [5.41, 5.74) is 7.99. The summed E-state index contributed by atoms with van der Waals surface area (Å²) in [6.07, 6.45) is 3.79. The minimum atomic E-state index is 0.652. The van der Waals surface area contributed by atoms with E-state index in [2.05, 4.69) is 20.9 Å². The second-order valence-corrected chi connectivity index (χ2v) is 4.21. The SMILES string of the molecule is Nc1cccn2cc(-c3ccc(Br)o3)nc12. The molecule has 0 aromatic carbocycles. The number of hydrogen-bond acceptors (Lipinski definition) is 3. The zero-order chi connectivity index (χ0) is 11.1. The summed E-state index contributed by atoms with van der Waals surface area (Å²) in [6, 6.07) is 7.40. The zero-order valence-corrected chi connectivity index (χ0v) is 9.81. The second kappa shape index (κ2) is 3.38. The molecule has 16 heavy (non-hydrogen) atoms. The molecule has 3 heterocycles. The van der Waals surface area contributed by atoms with E-state index in [-0.39, 0.29) is 0 Å². The van der Waals surface area contributed by atoms with E-state index < -0.39 is 0 Å². The molecule has 3 aromatic heterocycles. The predicted molar refractivity (Wildman–Crippen MR) is 65.0 cm³/mol. The lowest BCUT2D eigenvalue weighted by atomic mass is 10.4. The first-order chi connectivity index (χ1) is 7.74. The van der Waals surface area contributed by atoms with Crippen LogP contribution in [0.25, 0.3) is 17.1 Å². The molecule has 0 amide bonds. The Morgan fingerprint density at radius 1 is 1.31 bits per heavy atom. The quantitative estimate of drug-likeness (QED) is 0.744. The molecule has 3 aromatic rings. The molecule has 0 aliphatic rings. The maximum Gasteiger partial charge on any atom is 0.169 e. The summed E-state index contributed by atoms with van der Waals surface area (Å²) >= 11 is 3.26. The number of halogens is 1. The summed E-state index contributed by atoms with van der Waals surface area (Å²) < 4.78 is 8.00. The van der Waals surface area contributed by atoms with Gasteiger partial charge in [0.2, 0.25) is 0 Å². The van der Waals surface area contributed by atoms with Gasteiger partial charge in [-0.3, -0.25) is 0 Å². The number of anilines is 1. The van der Waals surface area contributed by atoms with Gasteiger partial charge < -0.3 is 14.6 Å². The van der Waals surface area contributed by atoms with Crippen LogP contribution in [0.5, 0.6) is 0 Å². The molecule has 0 spiro atoms. The molecule has 4 nitrogen and oxygen atoms in total. The van der Waals surface area contributed by atoms with Crippen molar-refractivity contribution in [1.82, 2.24) is 9.38 Å². The predicted octanol–water partition coefficient (Wildman–Crippen LogP) is 2.94. The highest BCUT2D eigenvalue weighted by Gasteiger charge is 2.09. The average molecular weight is 278 g/mol. The number of rotatable bonds is 1. The van der Waals surface area contributed by atoms with Gasteiger partial charge in [-0.25, -0.2) is 4.98 Å². The van der Waals surface area contributed by atoms with Crippen LogP contribution in [0.3, 0.4) is 0 Å². The summed E-state index contributed by atoms with van der Waals surface area (Å²) in [5.74, 6) is 0.718. The van der Waals surface area contributed by atoms with Gasteiger partial charge in [0.25, 0.3) is 0 Å². The van der Waals surface area contributed by atoms with Crippen LogP contribution in [0.15, 0.2) is 45.7 Å². The Hall–Kier alpha value is -1.75. The molecule has 5 heteroatoms. The Bertz CT molecular complexity index is 656. The molecule has 0 aliphatic carbocycles. The van der Waals surface area contributed by atoms with Gasteiger partial charge in [0.1, 0.15) is 5.69 Å². The van der Waals surface area contributed by atoms with E-state index in [0.29, 0.717) is 10.4 Å². The minimum Gasteiger partial charge on any atom is -0.448 e. The molecule has 0 radical (unpaired) electrons. The van der Waals surface area contributed by atoms with E-state index in [1.54, 1.807) is 0 Å². The van der Waals surface area contributed by atoms with Crippen LogP contribution in [0, 0.1) is 0 Å². The number of pyridine rings is 1. The van der Waals surface area contributed by atoms with Gasteiger partial charge in [-0.1, -0.05) is 0 Å². The van der Waals surface area contributed by atoms with Crippen LogP contribution in [0.1, 0.15) is 0 Å². The number of hydrogen-bond donors (Lipinski definition) is 1. The normalized spacial score (nSPS) is 11.1. The summed E-state index contributed by atoms with van der Waals surface area (Å²) in [5, 5.41) is 0. The first-order valence-corrected chi connectivity index (χ1v) is 5.52. The van der Waals surface area contributed by atoms with Gasteiger partial charge in [0.05, 0.1) is 5.69 Å². The number of furan rings is 1. The van der Waals surface area contributed by atoms with Crippen molar-refractivity contribution in [2.75, 3.05) is 5.73 Å². The van der Waals surface area contributed by atoms with Crippen molar-refractivity contribution < 1.29 is 4.42 Å². The molecule has 2 N–H and O–H groups in total. The summed E-state index contributed by atoms with van der Waals surface area (Å²) in [7, 11) is 0. The Labute approximate surface area is 99.8 Å². The molecule has 0 saturated carbocycles. The van der Waals surface area contributed by atoms with E-state index in [0.717, 1.165) is 17.1 Å². The fourth-order valence-electron chi connectivity index (χ4n) is 1.61. The Morgan fingerprint density at radius 3 is 2.88 bits per heavy atom. The van der Waals surface area contributed by atoms with Crippen molar-refractivity contribution in [3.05, 3.63) is 41.3 Å². The Kier molecular flexibility index (Phi) is 2.00. The van der Waals surface area contributed by atoms with Crippen LogP contribution in [-0.4, -0.2) is 9.38 Å². The maximum atomic E-state index is 5.83. The van der Waals surface area contributed by atoms with Crippen molar-refractivity contribution in [3.8, 4) is 11.5 Å². The molecule has 0 bridgehead atoms. The number of nitrogens with zero attached hydrogens (tertiary/aromatic N) is 2. The molecule has 0 saturated heterocycles. The molecule has 3 rings (SSSR count). The van der Waals surface area contributed by atoms with E-state index in [1.165, 1.54) is 0 Å². The third-order valence-corrected chi connectivity index (χ3v) is 2.76. The lowest BCUT2D eigenvalue weighted by Gasteiger charge is -1.94. The number of imidazole rings is 1. The average Bonchev–Trinajstić information content (AvgIpc) is 2.84. The molecule has 0 aliphatic heterocycles. The number of nitrogens with two attached hydrogens (primary N) is 1. The van der Waals surface area contributed by atoms with Gasteiger partial charge in [-0.05, 0) is 40.2 Å². The highest BCUT2D eigenvalue weighted by molar-refractivity contribution is 9.10. The van der Waals surface area contributed by atoms with E-state index in [1.807, 2.05) is 41.1 Å². The molecule has 80 valence electrons. The van der Waals surface area contributed by atoms with Gasteiger partial charge in [-0.2, -0.15) is 0 Å². The van der Waals surface area contributed by atoms with Crippen LogP contribution >= 0.6 is 15.9 Å². The van der Waals surface area contributed by atoms with Gasteiger partial charge in [-0.15, -0.1) is 0 Å². The first kappa shape index (κ1) is 9.47. The van der Waals surface area contributed by atoms with Crippen LogP contribution in [0.2, 0.25) is 0 Å². The zero-order valence-electron chi connectivity index (χ0n) is 8.22. The van der Waals surface area contributed by atoms with E-state index >= 15 is 0 Å². The number of fused-ring (bicyclic) bond motifs is 1. The molecular weight excluding hydrogens is 270 g/mol. The summed E-state index contributed by atoms with van der Waals surface area (Å²) in [6.45, 7) is 0. The van der Waals surface area contributed by atoms with Crippen molar-refractivity contribution in [3.63, 3.8) is 0 Å². The number of nitrogen functional groups attached to an aromatic ring is 1. The van der Waals surface area contributed by atoms with E-state index in [9.17, 15) is 0 Å². The van der Waals surface area contributed by atoms with Crippen molar-refractivity contribution in [2.45, 2.75) is 0 Å². The molecule has 0 fully saturated rings. The smallest absolute Gasteiger partial charge is 0.169 e. The third kappa shape index (κ3) is 1.40. The lowest BCUT2D eigenvalue weighted by molar-refractivity contribution is 0.554. The van der Waals surface area contributed by atoms with Crippen molar-refractivity contribution in [2.24, 2.45) is 0 Å². The monoisotopic (exact) mass is 277 g/mol. The highest BCUT2D eigenvalue weighted by Crippen LogP contribution is 2.25. The van der Waals surface area contributed by atoms with Gasteiger partial charge in [0.15, 0.2) is 16.1 Å². The Balaban J connectivity index is 2.22. The van der Waals surface area contributed by atoms with E-state index in [4.69, 9.17) is 10.2 Å². The largest absolute Gasteiger partial charge is 0.448 e. The Morgan fingerprint density at radius 2 is 2.19 bits per heavy atom. The fraction of sp³-hybridized carbons (Fsp3) is 0. The molecular formula is C11H8BrN3O. The lowest BCUT2D eigenvalue weighted by Crippen LogP contribution is -1.90. The minimum absolute atomic E-state index is 0.652.